The molecule has 0 radical (unpaired) electrons. The third kappa shape index (κ3) is 5.67. The summed E-state index contributed by atoms with van der Waals surface area (Å²) in [7, 11) is 0. The molecular weight excluding hydrogens is 292 g/mol. The second kappa shape index (κ2) is 8.67. The summed E-state index contributed by atoms with van der Waals surface area (Å²) in [5.41, 5.74) is 1.07. The molecule has 1 heterocycles. The maximum atomic E-state index is 12.1. The van der Waals surface area contributed by atoms with Crippen LogP contribution in [-0.2, 0) is 14.3 Å². The average Bonchev–Trinajstić information content (AvgIpc) is 3.05. The summed E-state index contributed by atoms with van der Waals surface area (Å²) in [6.07, 6.45) is 2.46. The van der Waals surface area contributed by atoms with Gasteiger partial charge in [0, 0.05) is 33.0 Å². The molecule has 0 bridgehead atoms. The Labute approximate surface area is 138 Å². The lowest BCUT2D eigenvalue weighted by Gasteiger charge is -2.24. The van der Waals surface area contributed by atoms with E-state index in [-0.39, 0.29) is 24.0 Å². The number of rotatable bonds is 7. The molecule has 2 unspecified atom stereocenters. The zero-order valence-corrected chi connectivity index (χ0v) is 14.0. The summed E-state index contributed by atoms with van der Waals surface area (Å²) in [4.78, 5) is 25.5. The van der Waals surface area contributed by atoms with Gasteiger partial charge in [-0.3, -0.25) is 9.59 Å². The Morgan fingerprint density at radius 3 is 2.70 bits per heavy atom. The van der Waals surface area contributed by atoms with Crippen molar-refractivity contribution in [1.82, 2.24) is 10.2 Å². The van der Waals surface area contributed by atoms with Crippen molar-refractivity contribution in [3.05, 3.63) is 35.9 Å². The van der Waals surface area contributed by atoms with E-state index in [2.05, 4.69) is 5.32 Å². The van der Waals surface area contributed by atoms with E-state index < -0.39 is 0 Å². The first kappa shape index (κ1) is 17.5. The van der Waals surface area contributed by atoms with E-state index in [9.17, 15) is 9.59 Å². The summed E-state index contributed by atoms with van der Waals surface area (Å²) in [6, 6.07) is 9.81. The van der Waals surface area contributed by atoms with Crippen molar-refractivity contribution in [3.8, 4) is 0 Å². The van der Waals surface area contributed by atoms with Crippen molar-refractivity contribution < 1.29 is 14.3 Å². The highest BCUT2D eigenvalue weighted by Crippen LogP contribution is 2.14. The molecule has 0 spiro atoms. The number of ether oxygens (including phenoxy) is 1. The van der Waals surface area contributed by atoms with Crippen LogP contribution in [0.15, 0.2) is 30.3 Å². The molecular formula is C18H26N2O3. The molecule has 0 aromatic heterocycles. The smallest absolute Gasteiger partial charge is 0.222 e. The maximum absolute atomic E-state index is 12.1. The van der Waals surface area contributed by atoms with Gasteiger partial charge >= 0.3 is 0 Å². The summed E-state index contributed by atoms with van der Waals surface area (Å²) in [5, 5.41) is 2.98. The molecule has 1 aromatic carbocycles. The van der Waals surface area contributed by atoms with E-state index in [1.165, 1.54) is 0 Å². The molecule has 2 amide bonds. The van der Waals surface area contributed by atoms with E-state index in [1.807, 2.05) is 37.3 Å². The lowest BCUT2D eigenvalue weighted by Crippen LogP contribution is -2.39. The number of nitrogens with zero attached hydrogens (tertiary/aromatic N) is 1. The van der Waals surface area contributed by atoms with Crippen LogP contribution in [0.4, 0.5) is 0 Å². The van der Waals surface area contributed by atoms with Gasteiger partial charge in [0.15, 0.2) is 0 Å². The lowest BCUT2D eigenvalue weighted by atomic mass is 10.1. The summed E-state index contributed by atoms with van der Waals surface area (Å²) < 4.78 is 5.57. The fourth-order valence-corrected chi connectivity index (χ4v) is 2.79. The Morgan fingerprint density at radius 1 is 1.35 bits per heavy atom. The molecule has 1 aromatic rings. The normalized spacial score (nSPS) is 18.4. The van der Waals surface area contributed by atoms with Crippen molar-refractivity contribution in [2.45, 2.75) is 45.3 Å². The van der Waals surface area contributed by atoms with E-state index in [1.54, 1.807) is 11.8 Å². The number of carbonyl (C=O) groups excluding carboxylic acids is 2. The van der Waals surface area contributed by atoms with E-state index >= 15 is 0 Å². The summed E-state index contributed by atoms with van der Waals surface area (Å²) in [6.45, 7) is 5.28. The molecule has 0 saturated carbocycles. The van der Waals surface area contributed by atoms with Crippen LogP contribution in [0.25, 0.3) is 0 Å². The second-order valence-electron chi connectivity index (χ2n) is 6.05. The van der Waals surface area contributed by atoms with Crippen LogP contribution < -0.4 is 5.32 Å². The topological polar surface area (TPSA) is 58.6 Å². The minimum absolute atomic E-state index is 0.00981. The highest BCUT2D eigenvalue weighted by atomic mass is 16.5. The third-order valence-corrected chi connectivity index (χ3v) is 4.18. The van der Waals surface area contributed by atoms with Gasteiger partial charge in [0.1, 0.15) is 0 Å². The highest BCUT2D eigenvalue weighted by molar-refractivity contribution is 5.78. The standard InChI is InChI=1S/C18H26N2O3/c1-14(16-7-4-3-5-8-16)19-18(22)10-11-20(15(2)21)13-17-9-6-12-23-17/h3-5,7-8,14,17H,6,9-13H2,1-2H3,(H,19,22). The molecule has 1 saturated heterocycles. The average molecular weight is 318 g/mol. The van der Waals surface area contributed by atoms with Gasteiger partial charge in [0.25, 0.3) is 0 Å². The molecule has 1 fully saturated rings. The Kier molecular flexibility index (Phi) is 6.59. The predicted molar refractivity (Wildman–Crippen MR) is 88.8 cm³/mol. The second-order valence-corrected chi connectivity index (χ2v) is 6.05. The molecule has 5 heteroatoms. The summed E-state index contributed by atoms with van der Waals surface area (Å²) >= 11 is 0. The van der Waals surface area contributed by atoms with Crippen molar-refractivity contribution in [2.24, 2.45) is 0 Å². The number of nitrogens with one attached hydrogen (secondary N) is 1. The first-order chi connectivity index (χ1) is 11.1. The van der Waals surface area contributed by atoms with Crippen LogP contribution in [0.3, 0.4) is 0 Å². The number of carbonyl (C=O) groups is 2. The van der Waals surface area contributed by atoms with Crippen LogP contribution in [0.1, 0.15) is 44.7 Å². The number of benzene rings is 1. The molecule has 2 rings (SSSR count). The van der Waals surface area contributed by atoms with Gasteiger partial charge in [-0.25, -0.2) is 0 Å². The lowest BCUT2D eigenvalue weighted by molar-refractivity contribution is -0.131. The highest BCUT2D eigenvalue weighted by Gasteiger charge is 2.21. The third-order valence-electron chi connectivity index (χ3n) is 4.18. The van der Waals surface area contributed by atoms with Crippen molar-refractivity contribution >= 4 is 11.8 Å². The Hall–Kier alpha value is -1.88. The number of amides is 2. The van der Waals surface area contributed by atoms with Crippen LogP contribution in [0.5, 0.6) is 0 Å². The molecule has 126 valence electrons. The minimum Gasteiger partial charge on any atom is -0.376 e. The molecule has 1 N–H and O–H groups in total. The van der Waals surface area contributed by atoms with Crippen LogP contribution in [0.2, 0.25) is 0 Å². The molecule has 23 heavy (non-hydrogen) atoms. The first-order valence-electron chi connectivity index (χ1n) is 8.27. The zero-order chi connectivity index (χ0) is 16.7. The molecule has 5 nitrogen and oxygen atoms in total. The fraction of sp³-hybridized carbons (Fsp3) is 0.556. The molecule has 2 atom stereocenters. The Balaban J connectivity index is 1.78. The summed E-state index contributed by atoms with van der Waals surface area (Å²) in [5.74, 6) is -0.0515. The van der Waals surface area contributed by atoms with Gasteiger partial charge in [-0.15, -0.1) is 0 Å². The molecule has 1 aliphatic rings. The number of hydrogen-bond donors (Lipinski definition) is 1. The minimum atomic E-state index is -0.0417. The van der Waals surface area contributed by atoms with Gasteiger partial charge in [0.2, 0.25) is 11.8 Å². The SMILES string of the molecule is CC(=O)N(CCC(=O)NC(C)c1ccccc1)CC1CCCO1. The van der Waals surface area contributed by atoms with Gasteiger partial charge in [0.05, 0.1) is 12.1 Å². The van der Waals surface area contributed by atoms with Crippen LogP contribution >= 0.6 is 0 Å². The van der Waals surface area contributed by atoms with Crippen molar-refractivity contribution in [2.75, 3.05) is 19.7 Å². The maximum Gasteiger partial charge on any atom is 0.222 e. The van der Waals surface area contributed by atoms with Crippen LogP contribution in [0, 0.1) is 0 Å². The van der Waals surface area contributed by atoms with Gasteiger partial charge in [-0.1, -0.05) is 30.3 Å². The largest absolute Gasteiger partial charge is 0.376 e. The van der Waals surface area contributed by atoms with Gasteiger partial charge < -0.3 is 15.0 Å². The van der Waals surface area contributed by atoms with E-state index in [0.717, 1.165) is 25.0 Å². The van der Waals surface area contributed by atoms with E-state index in [0.29, 0.717) is 19.5 Å². The molecule has 1 aliphatic heterocycles. The monoisotopic (exact) mass is 318 g/mol. The Bertz CT molecular complexity index is 512. The molecule has 0 aliphatic carbocycles. The van der Waals surface area contributed by atoms with E-state index in [4.69, 9.17) is 4.74 Å². The first-order valence-corrected chi connectivity index (χ1v) is 8.27. The van der Waals surface area contributed by atoms with Gasteiger partial charge in [-0.05, 0) is 25.3 Å². The fourth-order valence-electron chi connectivity index (χ4n) is 2.79. The Morgan fingerprint density at radius 2 is 2.09 bits per heavy atom. The van der Waals surface area contributed by atoms with Crippen molar-refractivity contribution in [3.63, 3.8) is 0 Å². The van der Waals surface area contributed by atoms with Crippen molar-refractivity contribution in [1.29, 1.82) is 0 Å². The zero-order valence-electron chi connectivity index (χ0n) is 14.0. The number of hydrogen-bond acceptors (Lipinski definition) is 3. The quantitative estimate of drug-likeness (QED) is 0.839. The predicted octanol–water partition coefficient (Wildman–Crippen LogP) is 2.28. The van der Waals surface area contributed by atoms with Gasteiger partial charge in [-0.2, -0.15) is 0 Å². The van der Waals surface area contributed by atoms with Crippen LogP contribution in [-0.4, -0.2) is 42.5 Å².